The van der Waals surface area contributed by atoms with E-state index in [1.54, 1.807) is 6.20 Å². The maximum Gasteiger partial charge on any atom is 0.239 e. The Morgan fingerprint density at radius 3 is 2.78 bits per heavy atom. The number of nitrogens with zero attached hydrogens (tertiary/aromatic N) is 1. The van der Waals surface area contributed by atoms with Crippen LogP contribution in [-0.2, 0) is 4.79 Å². The Balaban J connectivity index is 2.76. The predicted octanol–water partition coefficient (Wildman–Crippen LogP) is 0.961. The summed E-state index contributed by atoms with van der Waals surface area (Å²) < 4.78 is 0. The zero-order valence-electron chi connectivity index (χ0n) is 10.8. The molecule has 1 amide bonds. The first kappa shape index (κ1) is 14.4. The highest BCUT2D eigenvalue weighted by Crippen LogP contribution is 2.15. The van der Waals surface area contributed by atoms with Crippen LogP contribution in [0.2, 0.25) is 0 Å². The van der Waals surface area contributed by atoms with Crippen molar-refractivity contribution >= 4 is 28.9 Å². The summed E-state index contributed by atoms with van der Waals surface area (Å²) >= 11 is 4.98. The summed E-state index contributed by atoms with van der Waals surface area (Å²) in [6.45, 7) is 5.85. The summed E-state index contributed by atoms with van der Waals surface area (Å²) in [7, 11) is 0. The van der Waals surface area contributed by atoms with Crippen molar-refractivity contribution in [2.24, 2.45) is 5.73 Å². The maximum atomic E-state index is 11.5. The number of amides is 1. The van der Waals surface area contributed by atoms with E-state index < -0.39 is 0 Å². The number of carbonyl (C=O) groups excluding carboxylic acids is 1. The summed E-state index contributed by atoms with van der Waals surface area (Å²) in [5.41, 5.74) is 7.27. The van der Waals surface area contributed by atoms with Gasteiger partial charge in [-0.3, -0.25) is 4.79 Å². The van der Waals surface area contributed by atoms with Crippen LogP contribution >= 0.6 is 12.2 Å². The largest absolute Gasteiger partial charge is 0.389 e. The van der Waals surface area contributed by atoms with Gasteiger partial charge in [0.25, 0.3) is 0 Å². The molecule has 5 nitrogen and oxygen atoms in total. The van der Waals surface area contributed by atoms with Crippen LogP contribution in [0.5, 0.6) is 0 Å². The molecule has 6 heteroatoms. The lowest BCUT2D eigenvalue weighted by Crippen LogP contribution is -2.35. The molecule has 0 bridgehead atoms. The van der Waals surface area contributed by atoms with E-state index in [0.717, 1.165) is 5.56 Å². The lowest BCUT2D eigenvalue weighted by molar-refractivity contribution is -0.119. The third-order valence-corrected chi connectivity index (χ3v) is 2.48. The number of nitrogens with one attached hydrogen (secondary N) is 2. The molecule has 0 unspecified atom stereocenters. The molecule has 0 saturated carbocycles. The van der Waals surface area contributed by atoms with Gasteiger partial charge in [0, 0.05) is 12.2 Å². The van der Waals surface area contributed by atoms with Crippen LogP contribution in [0.3, 0.4) is 0 Å². The summed E-state index contributed by atoms with van der Waals surface area (Å²) in [6, 6.07) is 1.94. The molecule has 4 N–H and O–H groups in total. The number of thiocarbonyl (C=S) groups is 1. The molecule has 18 heavy (non-hydrogen) atoms. The normalized spacial score (nSPS) is 10.2. The number of rotatable bonds is 5. The molecule has 1 aromatic heterocycles. The Morgan fingerprint density at radius 1 is 1.56 bits per heavy atom. The van der Waals surface area contributed by atoms with Gasteiger partial charge in [0.1, 0.15) is 10.8 Å². The average Bonchev–Trinajstić information content (AvgIpc) is 2.24. The number of aromatic nitrogens is 1. The van der Waals surface area contributed by atoms with Crippen molar-refractivity contribution in [3.63, 3.8) is 0 Å². The van der Waals surface area contributed by atoms with Crippen LogP contribution in [0.15, 0.2) is 12.3 Å². The molecule has 0 atom stereocenters. The fraction of sp³-hybridized carbons (Fsp3) is 0.417. The minimum absolute atomic E-state index is 0.0952. The molecule has 0 spiro atoms. The van der Waals surface area contributed by atoms with Crippen molar-refractivity contribution < 1.29 is 4.79 Å². The number of carbonyl (C=O) groups is 1. The highest BCUT2D eigenvalue weighted by atomic mass is 32.1. The van der Waals surface area contributed by atoms with Gasteiger partial charge in [-0.25, -0.2) is 4.98 Å². The smallest absolute Gasteiger partial charge is 0.239 e. The van der Waals surface area contributed by atoms with Crippen molar-refractivity contribution in [2.75, 3.05) is 11.9 Å². The minimum atomic E-state index is -0.0952. The van der Waals surface area contributed by atoms with E-state index in [2.05, 4.69) is 15.6 Å². The zero-order valence-corrected chi connectivity index (χ0v) is 11.6. The summed E-state index contributed by atoms with van der Waals surface area (Å²) in [6.07, 6.45) is 1.65. The van der Waals surface area contributed by atoms with Crippen LogP contribution in [0.4, 0.5) is 5.82 Å². The van der Waals surface area contributed by atoms with Crippen LogP contribution in [-0.4, -0.2) is 28.5 Å². The molecule has 0 saturated heterocycles. The monoisotopic (exact) mass is 266 g/mol. The van der Waals surface area contributed by atoms with E-state index in [0.29, 0.717) is 11.4 Å². The quantitative estimate of drug-likeness (QED) is 0.692. The molecule has 0 aliphatic heterocycles. The number of pyridine rings is 1. The van der Waals surface area contributed by atoms with Gasteiger partial charge in [0.2, 0.25) is 5.91 Å². The summed E-state index contributed by atoms with van der Waals surface area (Å²) in [5, 5.41) is 5.73. The highest BCUT2D eigenvalue weighted by Gasteiger charge is 2.11. The van der Waals surface area contributed by atoms with Crippen LogP contribution in [0.1, 0.15) is 25.0 Å². The first-order valence-corrected chi connectivity index (χ1v) is 6.11. The highest BCUT2D eigenvalue weighted by molar-refractivity contribution is 7.80. The Bertz CT molecular complexity index is 459. The average molecular weight is 266 g/mol. The molecule has 0 aliphatic carbocycles. The molecular weight excluding hydrogens is 248 g/mol. The Hall–Kier alpha value is -1.69. The van der Waals surface area contributed by atoms with Gasteiger partial charge in [-0.1, -0.05) is 12.2 Å². The zero-order chi connectivity index (χ0) is 13.7. The van der Waals surface area contributed by atoms with Gasteiger partial charge in [-0.2, -0.15) is 0 Å². The Kier molecular flexibility index (Phi) is 5.03. The third-order valence-electron chi connectivity index (χ3n) is 2.27. The van der Waals surface area contributed by atoms with E-state index >= 15 is 0 Å². The lowest BCUT2D eigenvalue weighted by atomic mass is 10.1. The van der Waals surface area contributed by atoms with Crippen molar-refractivity contribution in [1.29, 1.82) is 0 Å². The predicted molar refractivity (Wildman–Crippen MR) is 76.6 cm³/mol. The van der Waals surface area contributed by atoms with Crippen molar-refractivity contribution in [1.82, 2.24) is 10.3 Å². The van der Waals surface area contributed by atoms with E-state index in [9.17, 15) is 4.79 Å². The Labute approximate surface area is 112 Å². The van der Waals surface area contributed by atoms with E-state index in [-0.39, 0.29) is 23.5 Å². The van der Waals surface area contributed by atoms with E-state index in [1.165, 1.54) is 0 Å². The van der Waals surface area contributed by atoms with E-state index in [4.69, 9.17) is 18.0 Å². The molecule has 0 aromatic carbocycles. The van der Waals surface area contributed by atoms with E-state index in [1.807, 2.05) is 26.8 Å². The number of nitrogens with two attached hydrogens (primary N) is 1. The topological polar surface area (TPSA) is 80.0 Å². The fourth-order valence-electron chi connectivity index (χ4n) is 1.54. The van der Waals surface area contributed by atoms with Crippen molar-refractivity contribution in [2.45, 2.75) is 26.8 Å². The summed E-state index contributed by atoms with van der Waals surface area (Å²) in [5.74, 6) is 0.448. The SMILES string of the molecule is Cc1ccnc(NCC(=O)NC(C)C)c1C(N)=S. The fourth-order valence-corrected chi connectivity index (χ4v) is 1.80. The number of aryl methyl sites for hydroxylation is 1. The van der Waals surface area contributed by atoms with Crippen LogP contribution in [0, 0.1) is 6.92 Å². The number of hydrogen-bond donors (Lipinski definition) is 3. The van der Waals surface area contributed by atoms with Crippen molar-refractivity contribution in [3.05, 3.63) is 23.4 Å². The van der Waals surface area contributed by atoms with Gasteiger partial charge in [0.05, 0.1) is 12.1 Å². The molecule has 0 radical (unpaired) electrons. The first-order valence-electron chi connectivity index (χ1n) is 5.70. The standard InChI is InChI=1S/C12H18N4OS/c1-7(2)16-9(17)6-15-12-10(11(13)18)8(3)4-5-14-12/h4-5,7H,6H2,1-3H3,(H2,13,18)(H,14,15)(H,16,17). The van der Waals surface area contributed by atoms with Crippen LogP contribution in [0.25, 0.3) is 0 Å². The first-order chi connectivity index (χ1) is 8.41. The van der Waals surface area contributed by atoms with Crippen molar-refractivity contribution in [3.8, 4) is 0 Å². The number of hydrogen-bond acceptors (Lipinski definition) is 4. The minimum Gasteiger partial charge on any atom is -0.389 e. The van der Waals surface area contributed by atoms with Gasteiger partial charge in [0.15, 0.2) is 0 Å². The Morgan fingerprint density at radius 2 is 2.22 bits per heavy atom. The van der Waals surface area contributed by atoms with Gasteiger partial charge >= 0.3 is 0 Å². The molecule has 1 aromatic rings. The van der Waals surface area contributed by atoms with Gasteiger partial charge in [-0.05, 0) is 32.4 Å². The second-order valence-corrected chi connectivity index (χ2v) is 4.73. The molecular formula is C12H18N4OS. The lowest BCUT2D eigenvalue weighted by Gasteiger charge is -2.13. The molecule has 0 aliphatic rings. The molecule has 1 heterocycles. The maximum absolute atomic E-state index is 11.5. The second kappa shape index (κ2) is 6.30. The summed E-state index contributed by atoms with van der Waals surface area (Å²) in [4.78, 5) is 16.0. The number of anilines is 1. The molecule has 98 valence electrons. The molecule has 0 fully saturated rings. The van der Waals surface area contributed by atoms with Crippen LogP contribution < -0.4 is 16.4 Å². The third kappa shape index (κ3) is 3.96. The second-order valence-electron chi connectivity index (χ2n) is 4.29. The van der Waals surface area contributed by atoms with Gasteiger partial charge in [-0.15, -0.1) is 0 Å². The molecule has 1 rings (SSSR count). The van der Waals surface area contributed by atoms with Gasteiger partial charge < -0.3 is 16.4 Å².